The molecule has 2 aromatic rings. The minimum atomic E-state index is -0.874. The number of benzene rings is 1. The summed E-state index contributed by atoms with van der Waals surface area (Å²) in [4.78, 5) is 11.9. The Morgan fingerprint density at radius 3 is 3.00 bits per heavy atom. The summed E-state index contributed by atoms with van der Waals surface area (Å²) in [7, 11) is 0. The van der Waals surface area contributed by atoms with Crippen molar-refractivity contribution < 1.29 is 19.4 Å². The molecule has 1 aromatic carbocycles. The van der Waals surface area contributed by atoms with Crippen molar-refractivity contribution >= 4 is 6.03 Å². The third kappa shape index (κ3) is 2.92. The number of hydrogen-bond acceptors (Lipinski definition) is 4. The number of hydrogen-bond donors (Lipinski definition) is 4. The zero-order valence-corrected chi connectivity index (χ0v) is 12.0. The van der Waals surface area contributed by atoms with E-state index in [0.29, 0.717) is 5.76 Å². The van der Waals surface area contributed by atoms with Crippen LogP contribution in [0.5, 0.6) is 5.75 Å². The number of phenols is 1. The molecule has 2 unspecified atom stereocenters. The lowest BCUT2D eigenvalue weighted by Crippen LogP contribution is -2.39. The molecule has 0 fully saturated rings. The molecule has 6 nitrogen and oxygen atoms in total. The van der Waals surface area contributed by atoms with E-state index in [1.807, 2.05) is 6.07 Å². The van der Waals surface area contributed by atoms with Gasteiger partial charge in [-0.2, -0.15) is 0 Å². The highest BCUT2D eigenvalue weighted by atomic mass is 16.4. The van der Waals surface area contributed by atoms with Gasteiger partial charge in [0.1, 0.15) is 17.6 Å². The van der Waals surface area contributed by atoms with Crippen molar-refractivity contribution in [2.24, 2.45) is 0 Å². The fourth-order valence-corrected chi connectivity index (χ4v) is 2.77. The fraction of sp³-hybridized carbons (Fsp3) is 0.312. The van der Waals surface area contributed by atoms with Crippen molar-refractivity contribution in [1.29, 1.82) is 0 Å². The Balaban J connectivity index is 1.54. The van der Waals surface area contributed by atoms with E-state index in [-0.39, 0.29) is 24.4 Å². The van der Waals surface area contributed by atoms with Crippen LogP contribution in [0.3, 0.4) is 0 Å². The second kappa shape index (κ2) is 6.11. The van der Waals surface area contributed by atoms with Crippen LogP contribution < -0.4 is 10.6 Å². The number of aliphatic hydroxyl groups excluding tert-OH is 1. The van der Waals surface area contributed by atoms with E-state index in [4.69, 9.17) is 4.42 Å². The van der Waals surface area contributed by atoms with E-state index in [0.717, 1.165) is 24.0 Å². The lowest BCUT2D eigenvalue weighted by molar-refractivity contribution is 0.147. The van der Waals surface area contributed by atoms with Crippen LogP contribution in [0.25, 0.3) is 0 Å². The molecule has 6 heteroatoms. The van der Waals surface area contributed by atoms with Gasteiger partial charge < -0.3 is 25.3 Å². The van der Waals surface area contributed by atoms with Gasteiger partial charge in [-0.1, -0.05) is 12.1 Å². The molecular formula is C16H18N2O4. The zero-order chi connectivity index (χ0) is 15.5. The number of furan rings is 1. The molecule has 3 rings (SSSR count). The van der Waals surface area contributed by atoms with Crippen molar-refractivity contribution in [3.05, 3.63) is 53.5 Å². The number of nitrogens with one attached hydrogen (secondary N) is 2. The number of carbonyl (C=O) groups is 1. The Morgan fingerprint density at radius 1 is 1.36 bits per heavy atom. The number of aliphatic hydroxyl groups is 1. The maximum Gasteiger partial charge on any atom is 0.315 e. The van der Waals surface area contributed by atoms with Crippen LogP contribution >= 0.6 is 0 Å². The second-order valence-corrected chi connectivity index (χ2v) is 5.32. The molecule has 116 valence electrons. The van der Waals surface area contributed by atoms with Gasteiger partial charge in [0.05, 0.1) is 18.8 Å². The first-order valence-corrected chi connectivity index (χ1v) is 7.21. The molecular weight excluding hydrogens is 284 g/mol. The molecule has 2 amide bonds. The Hall–Kier alpha value is -2.47. The van der Waals surface area contributed by atoms with Crippen molar-refractivity contribution in [1.82, 2.24) is 10.6 Å². The normalized spacial score (nSPS) is 17.8. The van der Waals surface area contributed by atoms with Gasteiger partial charge in [-0.25, -0.2) is 4.79 Å². The first-order chi connectivity index (χ1) is 10.6. The van der Waals surface area contributed by atoms with Gasteiger partial charge in [0, 0.05) is 0 Å². The molecule has 0 spiro atoms. The molecule has 0 radical (unpaired) electrons. The Kier molecular flexibility index (Phi) is 4.02. The van der Waals surface area contributed by atoms with Gasteiger partial charge in [0.25, 0.3) is 0 Å². The summed E-state index contributed by atoms with van der Waals surface area (Å²) in [5.74, 6) is 0.687. The largest absolute Gasteiger partial charge is 0.508 e. The molecule has 22 heavy (non-hydrogen) atoms. The molecule has 2 atom stereocenters. The second-order valence-electron chi connectivity index (χ2n) is 5.32. The van der Waals surface area contributed by atoms with Gasteiger partial charge >= 0.3 is 6.03 Å². The van der Waals surface area contributed by atoms with E-state index in [1.165, 1.54) is 6.26 Å². The summed E-state index contributed by atoms with van der Waals surface area (Å²) in [5.41, 5.74) is 1.84. The molecule has 1 aromatic heterocycles. The quantitative estimate of drug-likeness (QED) is 0.695. The number of amides is 2. The van der Waals surface area contributed by atoms with Crippen LogP contribution in [0, 0.1) is 0 Å². The summed E-state index contributed by atoms with van der Waals surface area (Å²) in [5, 5.41) is 25.1. The van der Waals surface area contributed by atoms with E-state index >= 15 is 0 Å². The topological polar surface area (TPSA) is 94.7 Å². The van der Waals surface area contributed by atoms with E-state index in [9.17, 15) is 15.0 Å². The third-order valence-electron chi connectivity index (χ3n) is 3.88. The minimum Gasteiger partial charge on any atom is -0.508 e. The Bertz CT molecular complexity index is 654. The first-order valence-electron chi connectivity index (χ1n) is 7.21. The predicted molar refractivity (Wildman–Crippen MR) is 79.4 cm³/mol. The maximum absolute atomic E-state index is 11.9. The monoisotopic (exact) mass is 302 g/mol. The van der Waals surface area contributed by atoms with Gasteiger partial charge in [-0.05, 0) is 42.2 Å². The first kappa shape index (κ1) is 14.5. The Labute approximate surface area is 127 Å². The lowest BCUT2D eigenvalue weighted by Gasteiger charge is -2.16. The van der Waals surface area contributed by atoms with Crippen LogP contribution in [-0.4, -0.2) is 22.8 Å². The molecule has 0 saturated carbocycles. The lowest BCUT2D eigenvalue weighted by atomic mass is 10.1. The number of fused-ring (bicyclic) bond motifs is 1. The number of carbonyl (C=O) groups excluding carboxylic acids is 1. The summed E-state index contributed by atoms with van der Waals surface area (Å²) in [6.07, 6.45) is 2.09. The van der Waals surface area contributed by atoms with Gasteiger partial charge in [0.15, 0.2) is 0 Å². The van der Waals surface area contributed by atoms with Crippen LogP contribution in [0.4, 0.5) is 4.79 Å². The number of urea groups is 1. The minimum absolute atomic E-state index is 0.0684. The molecule has 0 bridgehead atoms. The summed E-state index contributed by atoms with van der Waals surface area (Å²) in [6, 6.07) is 8.19. The number of phenolic OH excluding ortho intramolecular Hbond substituents is 1. The highest BCUT2D eigenvalue weighted by Crippen LogP contribution is 2.36. The van der Waals surface area contributed by atoms with Crippen molar-refractivity contribution in [2.75, 3.05) is 6.54 Å². The van der Waals surface area contributed by atoms with E-state index < -0.39 is 6.10 Å². The molecule has 0 aliphatic heterocycles. The van der Waals surface area contributed by atoms with Crippen molar-refractivity contribution in [3.8, 4) is 5.75 Å². The SMILES string of the molecule is O=C(NCC(O)c1ccco1)NC1CCc2c(O)cccc21. The molecule has 1 heterocycles. The van der Waals surface area contributed by atoms with Crippen LogP contribution in [-0.2, 0) is 6.42 Å². The molecule has 0 saturated heterocycles. The highest BCUT2D eigenvalue weighted by Gasteiger charge is 2.26. The Morgan fingerprint density at radius 2 is 2.23 bits per heavy atom. The van der Waals surface area contributed by atoms with Crippen molar-refractivity contribution in [3.63, 3.8) is 0 Å². The number of rotatable bonds is 4. The predicted octanol–water partition coefficient (Wildman–Crippen LogP) is 2.01. The summed E-state index contributed by atoms with van der Waals surface area (Å²) in [6.45, 7) is 0.0684. The van der Waals surface area contributed by atoms with Gasteiger partial charge in [-0.15, -0.1) is 0 Å². The van der Waals surface area contributed by atoms with Gasteiger partial charge in [-0.3, -0.25) is 0 Å². The number of aromatic hydroxyl groups is 1. The van der Waals surface area contributed by atoms with E-state index in [2.05, 4.69) is 10.6 Å². The summed E-state index contributed by atoms with van der Waals surface area (Å²) >= 11 is 0. The fourth-order valence-electron chi connectivity index (χ4n) is 2.77. The maximum atomic E-state index is 11.9. The molecule has 1 aliphatic rings. The van der Waals surface area contributed by atoms with Crippen molar-refractivity contribution in [2.45, 2.75) is 25.0 Å². The van der Waals surface area contributed by atoms with Gasteiger partial charge in [0.2, 0.25) is 0 Å². The highest BCUT2D eigenvalue weighted by molar-refractivity contribution is 5.74. The van der Waals surface area contributed by atoms with Crippen LogP contribution in [0.15, 0.2) is 41.0 Å². The van der Waals surface area contributed by atoms with E-state index in [1.54, 1.807) is 24.3 Å². The zero-order valence-electron chi connectivity index (χ0n) is 12.0. The molecule has 1 aliphatic carbocycles. The van der Waals surface area contributed by atoms with Crippen LogP contribution in [0.2, 0.25) is 0 Å². The summed E-state index contributed by atoms with van der Waals surface area (Å²) < 4.78 is 5.07. The third-order valence-corrected chi connectivity index (χ3v) is 3.88. The molecule has 4 N–H and O–H groups in total. The smallest absolute Gasteiger partial charge is 0.315 e. The average molecular weight is 302 g/mol. The average Bonchev–Trinajstić information content (AvgIpc) is 3.16. The van der Waals surface area contributed by atoms with Crippen LogP contribution in [0.1, 0.15) is 35.5 Å². The standard InChI is InChI=1S/C16H18N2O4/c19-13-4-1-3-10-11(13)6-7-12(10)18-16(21)17-9-14(20)15-5-2-8-22-15/h1-5,8,12,14,19-20H,6-7,9H2,(H2,17,18,21).